The molecule has 3 aromatic rings. The molecule has 11 nitrogen and oxygen atoms in total. The lowest BCUT2D eigenvalue weighted by Gasteiger charge is -2.38. The molecule has 2 heterocycles. The van der Waals surface area contributed by atoms with Gasteiger partial charge in [0.1, 0.15) is 11.7 Å². The van der Waals surface area contributed by atoms with Gasteiger partial charge >= 0.3 is 5.97 Å². The highest BCUT2D eigenvalue weighted by molar-refractivity contribution is 6.01. The minimum absolute atomic E-state index is 0. The number of ketones is 1. The number of aliphatic carboxylic acids is 1. The molecule has 0 radical (unpaired) electrons. The number of hydrogen-bond donors (Lipinski definition) is 6. The van der Waals surface area contributed by atoms with Crippen molar-refractivity contribution in [2.45, 2.75) is 58.0 Å². The van der Waals surface area contributed by atoms with Crippen LogP contribution < -0.4 is 16.4 Å². The van der Waals surface area contributed by atoms with Crippen molar-refractivity contribution in [1.82, 2.24) is 20.2 Å². The summed E-state index contributed by atoms with van der Waals surface area (Å²) in [7, 11) is 0. The van der Waals surface area contributed by atoms with Crippen LogP contribution in [0.3, 0.4) is 0 Å². The molecule has 0 bridgehead atoms. The van der Waals surface area contributed by atoms with E-state index in [9.17, 15) is 19.5 Å². The minimum atomic E-state index is -1.40. The number of nitrogen functional groups attached to an aromatic ring is 1. The average molecular weight is 584 g/mol. The molecule has 7 N–H and O–H groups in total. The number of aromatic nitrogens is 2. The van der Waals surface area contributed by atoms with Crippen molar-refractivity contribution in [2.24, 2.45) is 5.73 Å². The molecule has 1 aliphatic rings. The second kappa shape index (κ2) is 13.1. The molecule has 1 aromatic heterocycles. The summed E-state index contributed by atoms with van der Waals surface area (Å²) in [6.45, 7) is 6.66. The number of fused-ring (bicyclic) bond motifs is 1. The number of carboxylic acids is 1. The maximum absolute atomic E-state index is 14.0. The van der Waals surface area contributed by atoms with Crippen LogP contribution in [0.2, 0.25) is 0 Å². The summed E-state index contributed by atoms with van der Waals surface area (Å²) < 4.78 is 0. The second-order valence-electron chi connectivity index (χ2n) is 10.6. The third-order valence-corrected chi connectivity index (χ3v) is 7.64. The smallest absolute Gasteiger partial charge is 0.328 e. The number of nitrogens with one attached hydrogen (secondary N) is 4. The Labute approximate surface area is 245 Å². The van der Waals surface area contributed by atoms with E-state index in [1.165, 1.54) is 6.92 Å². The monoisotopic (exact) mass is 583 g/mol. The van der Waals surface area contributed by atoms with Crippen LogP contribution in [-0.2, 0) is 26.3 Å². The van der Waals surface area contributed by atoms with Crippen LogP contribution >= 0.6 is 12.4 Å². The van der Waals surface area contributed by atoms with Crippen molar-refractivity contribution >= 4 is 52.6 Å². The maximum Gasteiger partial charge on any atom is 0.328 e. The van der Waals surface area contributed by atoms with E-state index in [1.54, 1.807) is 12.1 Å². The normalized spacial score (nSPS) is 15.4. The predicted octanol–water partition coefficient (Wildman–Crippen LogP) is 3.09. The lowest BCUT2D eigenvalue weighted by Crippen LogP contribution is -2.55. The molecule has 1 fully saturated rings. The van der Waals surface area contributed by atoms with Crippen molar-refractivity contribution in [3.05, 3.63) is 58.9 Å². The Morgan fingerprint density at radius 3 is 2.39 bits per heavy atom. The van der Waals surface area contributed by atoms with Crippen LogP contribution in [-0.4, -0.2) is 69.1 Å². The highest BCUT2D eigenvalue weighted by Gasteiger charge is 2.41. The number of anilines is 1. The summed E-state index contributed by atoms with van der Waals surface area (Å²) >= 11 is 0. The van der Waals surface area contributed by atoms with Gasteiger partial charge in [-0.3, -0.25) is 25.1 Å². The number of amides is 1. The maximum atomic E-state index is 14.0. The zero-order chi connectivity index (χ0) is 29.0. The number of Topliss-reactive ketones (excluding diaryl/α,β-unsaturated/α-hetero) is 1. The fourth-order valence-corrected chi connectivity index (χ4v) is 5.34. The highest BCUT2D eigenvalue weighted by Crippen LogP contribution is 2.33. The van der Waals surface area contributed by atoms with Crippen LogP contribution in [0.25, 0.3) is 11.0 Å². The van der Waals surface area contributed by atoms with Gasteiger partial charge in [-0.05, 0) is 81.5 Å². The fraction of sp³-hybridized carbons (Fsp3) is 0.414. The van der Waals surface area contributed by atoms with E-state index in [2.05, 4.69) is 15.6 Å². The number of rotatable bonds is 11. The third kappa shape index (κ3) is 6.86. The number of H-pyrrole nitrogens is 1. The van der Waals surface area contributed by atoms with E-state index in [1.807, 2.05) is 43.0 Å². The Morgan fingerprint density at radius 1 is 1.15 bits per heavy atom. The van der Waals surface area contributed by atoms with E-state index in [0.29, 0.717) is 31.0 Å². The third-order valence-electron chi connectivity index (χ3n) is 7.64. The van der Waals surface area contributed by atoms with Gasteiger partial charge in [0, 0.05) is 30.9 Å². The number of benzene rings is 2. The Hall–Kier alpha value is -3.96. The molecule has 41 heavy (non-hydrogen) atoms. The molecular formula is C29H38ClN7O4. The molecule has 2 atom stereocenters. The number of likely N-dealkylation sites (tertiary alicyclic amines) is 1. The summed E-state index contributed by atoms with van der Waals surface area (Å²) in [5.41, 5.74) is 9.00. The van der Waals surface area contributed by atoms with Gasteiger partial charge in [0.15, 0.2) is 11.8 Å². The lowest BCUT2D eigenvalue weighted by atomic mass is 9.77. The number of hydrogen-bond acceptors (Lipinski definition) is 7. The summed E-state index contributed by atoms with van der Waals surface area (Å²) in [4.78, 5) is 47.7. The van der Waals surface area contributed by atoms with E-state index in [0.717, 1.165) is 47.1 Å². The van der Waals surface area contributed by atoms with Gasteiger partial charge in [-0.2, -0.15) is 0 Å². The fourth-order valence-electron chi connectivity index (χ4n) is 5.34. The lowest BCUT2D eigenvalue weighted by molar-refractivity contribution is -0.144. The number of aromatic amines is 1. The molecule has 1 saturated heterocycles. The molecule has 0 saturated carbocycles. The molecule has 1 amide bonds. The number of halogens is 1. The number of aryl methyl sites for hydroxylation is 1. The SMILES string of the molecule is CC(=O)C(NCC(C)(C(=O)N1CCCCC1)c1ccc2[nH]c(CNc3ccc(C(=N)N)cc3)nc2c1C)C(=O)O.Cl. The van der Waals surface area contributed by atoms with Gasteiger partial charge in [0.2, 0.25) is 5.91 Å². The van der Waals surface area contributed by atoms with Crippen molar-refractivity contribution in [2.75, 3.05) is 25.0 Å². The number of nitrogens with two attached hydrogens (primary N) is 1. The van der Waals surface area contributed by atoms with Gasteiger partial charge < -0.3 is 26.0 Å². The van der Waals surface area contributed by atoms with Crippen molar-refractivity contribution in [3.8, 4) is 0 Å². The van der Waals surface area contributed by atoms with Crippen molar-refractivity contribution in [3.63, 3.8) is 0 Å². The molecule has 0 aliphatic carbocycles. The Bertz CT molecular complexity index is 1420. The van der Waals surface area contributed by atoms with Crippen LogP contribution in [0.15, 0.2) is 36.4 Å². The van der Waals surface area contributed by atoms with E-state index >= 15 is 0 Å². The molecule has 12 heteroatoms. The quantitative estimate of drug-likeness (QED) is 0.113. The summed E-state index contributed by atoms with van der Waals surface area (Å²) in [6.07, 6.45) is 2.91. The number of carboxylic acid groups (broad SMARTS) is 1. The van der Waals surface area contributed by atoms with Gasteiger partial charge in [-0.1, -0.05) is 6.07 Å². The van der Waals surface area contributed by atoms with Crippen molar-refractivity contribution < 1.29 is 19.5 Å². The topological polar surface area (TPSA) is 177 Å². The Balaban J connectivity index is 0.00000462. The molecule has 2 unspecified atom stereocenters. The van der Waals surface area contributed by atoms with Crippen LogP contribution in [0.4, 0.5) is 5.69 Å². The first-order valence-electron chi connectivity index (χ1n) is 13.4. The predicted molar refractivity (Wildman–Crippen MR) is 161 cm³/mol. The van der Waals surface area contributed by atoms with Crippen LogP contribution in [0.1, 0.15) is 55.6 Å². The van der Waals surface area contributed by atoms with Crippen LogP contribution in [0.5, 0.6) is 0 Å². The number of nitrogens with zero attached hydrogens (tertiary/aromatic N) is 2. The van der Waals surface area contributed by atoms with Crippen LogP contribution in [0, 0.1) is 12.3 Å². The van der Waals surface area contributed by atoms with Crippen molar-refractivity contribution in [1.29, 1.82) is 5.41 Å². The number of amidine groups is 1. The average Bonchev–Trinajstić information content (AvgIpc) is 3.36. The van der Waals surface area contributed by atoms with Gasteiger partial charge in [0.25, 0.3) is 0 Å². The molecule has 1 aliphatic heterocycles. The number of carbonyl (C=O) groups is 3. The minimum Gasteiger partial charge on any atom is -0.480 e. The van der Waals surface area contributed by atoms with Gasteiger partial charge in [0.05, 0.1) is 23.0 Å². The second-order valence-corrected chi connectivity index (χ2v) is 10.6. The van der Waals surface area contributed by atoms with E-state index in [-0.39, 0.29) is 30.7 Å². The number of carbonyl (C=O) groups excluding carboxylic acids is 2. The Kier molecular flexibility index (Phi) is 10.1. The Morgan fingerprint density at radius 2 is 1.80 bits per heavy atom. The number of imidazole rings is 1. The first-order valence-corrected chi connectivity index (χ1v) is 13.4. The zero-order valence-electron chi connectivity index (χ0n) is 23.5. The first kappa shape index (κ1) is 31.6. The van der Waals surface area contributed by atoms with Gasteiger partial charge in [-0.15, -0.1) is 12.4 Å². The molecule has 0 spiro atoms. The summed E-state index contributed by atoms with van der Waals surface area (Å²) in [5.74, 6) is -1.17. The summed E-state index contributed by atoms with van der Waals surface area (Å²) in [5, 5.41) is 23.2. The summed E-state index contributed by atoms with van der Waals surface area (Å²) in [6, 6.07) is 9.62. The largest absolute Gasteiger partial charge is 0.480 e. The van der Waals surface area contributed by atoms with E-state index < -0.39 is 23.2 Å². The zero-order valence-corrected chi connectivity index (χ0v) is 24.4. The first-order chi connectivity index (χ1) is 19.0. The van der Waals surface area contributed by atoms with E-state index in [4.69, 9.17) is 16.1 Å². The highest BCUT2D eigenvalue weighted by atomic mass is 35.5. The molecule has 220 valence electrons. The van der Waals surface area contributed by atoms with Gasteiger partial charge in [-0.25, -0.2) is 4.98 Å². The number of piperidine rings is 1. The molecule has 2 aromatic carbocycles. The molecule has 4 rings (SSSR count). The standard InChI is InChI=1S/C29H37N7O4.ClH/c1-17-21(29(3,16-33-25(18(2)37)27(38)39)28(40)36-13-5-4-6-14-36)11-12-22-24(17)35-23(34-22)15-32-20-9-7-19(8-10-20)26(30)31;/h7-12,25,32-33H,4-6,13-16H2,1-3H3,(H3,30,31)(H,34,35)(H,38,39);1H. The molecular weight excluding hydrogens is 546 g/mol.